The number of alkyl halides is 4. The van der Waals surface area contributed by atoms with Gasteiger partial charge in [0.25, 0.3) is 5.91 Å². The van der Waals surface area contributed by atoms with Crippen LogP contribution in [0.1, 0.15) is 30.6 Å². The summed E-state index contributed by atoms with van der Waals surface area (Å²) < 4.78 is 54.1. The summed E-state index contributed by atoms with van der Waals surface area (Å²) in [5.74, 6) is -6.88. The van der Waals surface area contributed by atoms with E-state index in [4.69, 9.17) is 5.11 Å². The van der Waals surface area contributed by atoms with Gasteiger partial charge in [0.05, 0.1) is 11.5 Å². The minimum atomic E-state index is -4.31. The van der Waals surface area contributed by atoms with Crippen molar-refractivity contribution in [1.82, 2.24) is 10.3 Å². The van der Waals surface area contributed by atoms with E-state index in [1.807, 2.05) is 13.8 Å². The summed E-state index contributed by atoms with van der Waals surface area (Å²) in [6.45, 7) is 2.10. The van der Waals surface area contributed by atoms with Crippen LogP contribution >= 0.6 is 0 Å². The molecule has 1 unspecified atom stereocenters. The van der Waals surface area contributed by atoms with Gasteiger partial charge in [-0.25, -0.2) is 13.8 Å². The molecular formula is C16H20F4N2O4. The molecule has 0 aromatic carbocycles. The van der Waals surface area contributed by atoms with Crippen LogP contribution in [0.4, 0.5) is 17.6 Å². The van der Waals surface area contributed by atoms with Crippen molar-refractivity contribution in [3.05, 3.63) is 23.9 Å². The molecule has 0 aliphatic rings. The third-order valence-electron chi connectivity index (χ3n) is 3.34. The summed E-state index contributed by atoms with van der Waals surface area (Å²) in [5, 5.41) is 11.6. The molecule has 1 aromatic rings. The van der Waals surface area contributed by atoms with Crippen LogP contribution in [0, 0.1) is 11.8 Å². The van der Waals surface area contributed by atoms with Gasteiger partial charge in [-0.05, 0) is 18.4 Å². The van der Waals surface area contributed by atoms with E-state index in [1.54, 1.807) is 0 Å². The van der Waals surface area contributed by atoms with Gasteiger partial charge in [-0.1, -0.05) is 13.8 Å². The van der Waals surface area contributed by atoms with Crippen molar-refractivity contribution in [2.24, 2.45) is 11.8 Å². The van der Waals surface area contributed by atoms with E-state index in [-0.39, 0.29) is 23.9 Å². The van der Waals surface area contributed by atoms with Crippen molar-refractivity contribution in [3.8, 4) is 5.88 Å². The summed E-state index contributed by atoms with van der Waals surface area (Å²) in [7, 11) is 0. The molecule has 0 spiro atoms. The normalized spacial score (nSPS) is 12.9. The van der Waals surface area contributed by atoms with Gasteiger partial charge < -0.3 is 15.2 Å². The number of aliphatic carboxylic acids is 1. The third kappa shape index (κ3) is 6.85. The number of carboxylic acid groups (broad SMARTS) is 1. The SMILES string of the molecule is CC(C)CC(CNC(=O)c1ccc(OCC(F)(F)C(F)F)nc1)C(=O)O. The molecule has 0 aliphatic heterocycles. The number of hydrogen-bond acceptors (Lipinski definition) is 4. The number of hydrogen-bond donors (Lipinski definition) is 2. The van der Waals surface area contributed by atoms with Crippen LogP contribution in [-0.2, 0) is 4.79 Å². The number of halogens is 4. The number of rotatable bonds is 10. The highest BCUT2D eigenvalue weighted by atomic mass is 19.3. The second kappa shape index (κ2) is 9.35. The molecule has 6 nitrogen and oxygen atoms in total. The van der Waals surface area contributed by atoms with Gasteiger partial charge in [0.2, 0.25) is 5.88 Å². The fraction of sp³-hybridized carbons (Fsp3) is 0.562. The first kappa shape index (κ1) is 21.7. The predicted molar refractivity (Wildman–Crippen MR) is 83.6 cm³/mol. The van der Waals surface area contributed by atoms with Crippen LogP contribution in [-0.4, -0.2) is 47.5 Å². The lowest BCUT2D eigenvalue weighted by Gasteiger charge is -2.16. The van der Waals surface area contributed by atoms with E-state index in [1.165, 1.54) is 6.07 Å². The number of nitrogens with zero attached hydrogens (tertiary/aromatic N) is 1. The maximum Gasteiger partial charge on any atom is 0.340 e. The highest BCUT2D eigenvalue weighted by Gasteiger charge is 2.41. The largest absolute Gasteiger partial charge is 0.481 e. The number of ether oxygens (including phenoxy) is 1. The zero-order valence-corrected chi connectivity index (χ0v) is 14.2. The molecule has 1 rings (SSSR count). The summed E-state index contributed by atoms with van der Waals surface area (Å²) in [4.78, 5) is 26.7. The molecule has 0 aliphatic carbocycles. The lowest BCUT2D eigenvalue weighted by atomic mass is 9.97. The van der Waals surface area contributed by atoms with Gasteiger partial charge in [0.1, 0.15) is 0 Å². The molecule has 1 amide bonds. The number of pyridine rings is 1. The number of amides is 1. The van der Waals surface area contributed by atoms with Gasteiger partial charge in [-0.2, -0.15) is 8.78 Å². The molecule has 0 bridgehead atoms. The van der Waals surface area contributed by atoms with E-state index >= 15 is 0 Å². The molecule has 2 N–H and O–H groups in total. The second-order valence-electron chi connectivity index (χ2n) is 6.11. The molecule has 0 saturated carbocycles. The monoisotopic (exact) mass is 380 g/mol. The molecule has 0 fully saturated rings. The highest BCUT2D eigenvalue weighted by Crippen LogP contribution is 2.23. The average Bonchev–Trinajstić information content (AvgIpc) is 2.56. The number of aromatic nitrogens is 1. The first-order valence-corrected chi connectivity index (χ1v) is 7.78. The Hall–Kier alpha value is -2.39. The van der Waals surface area contributed by atoms with E-state index in [0.29, 0.717) is 6.42 Å². The molecule has 1 heterocycles. The number of carbonyl (C=O) groups excluding carboxylic acids is 1. The maximum atomic E-state index is 12.8. The Morgan fingerprint density at radius 2 is 1.96 bits per heavy atom. The van der Waals surface area contributed by atoms with Crippen LogP contribution in [0.15, 0.2) is 18.3 Å². The van der Waals surface area contributed by atoms with Crippen molar-refractivity contribution in [1.29, 1.82) is 0 Å². The van der Waals surface area contributed by atoms with Crippen molar-refractivity contribution in [2.75, 3.05) is 13.2 Å². The molecule has 1 atom stereocenters. The standard InChI is InChI=1S/C16H20F4N2O4/c1-9(2)5-11(14(24)25)7-22-13(23)10-3-4-12(21-6-10)26-8-16(19,20)15(17)18/h3-4,6,9,11,15H,5,7-8H2,1-2H3,(H,22,23)(H,24,25). The molecular weight excluding hydrogens is 360 g/mol. The molecule has 26 heavy (non-hydrogen) atoms. The van der Waals surface area contributed by atoms with Crippen LogP contribution in [0.25, 0.3) is 0 Å². The summed E-state index contributed by atoms with van der Waals surface area (Å²) in [5.41, 5.74) is 0.0478. The number of carbonyl (C=O) groups is 2. The average molecular weight is 380 g/mol. The summed E-state index contributed by atoms with van der Waals surface area (Å²) in [6.07, 6.45) is -2.46. The van der Waals surface area contributed by atoms with Crippen LogP contribution in [0.3, 0.4) is 0 Å². The third-order valence-corrected chi connectivity index (χ3v) is 3.34. The highest BCUT2D eigenvalue weighted by molar-refractivity contribution is 5.94. The van der Waals surface area contributed by atoms with Gasteiger partial charge in [0, 0.05) is 18.8 Å². The smallest absolute Gasteiger partial charge is 0.340 e. The fourth-order valence-electron chi connectivity index (χ4n) is 1.99. The minimum absolute atomic E-state index is 0.0478. The molecule has 0 radical (unpaired) electrons. The van der Waals surface area contributed by atoms with Crippen LogP contribution in [0.5, 0.6) is 5.88 Å². The zero-order chi connectivity index (χ0) is 19.9. The molecule has 10 heteroatoms. The minimum Gasteiger partial charge on any atom is -0.481 e. The Morgan fingerprint density at radius 1 is 1.31 bits per heavy atom. The lowest BCUT2D eigenvalue weighted by Crippen LogP contribution is -2.34. The van der Waals surface area contributed by atoms with Crippen LogP contribution in [0.2, 0.25) is 0 Å². The van der Waals surface area contributed by atoms with Gasteiger partial charge in [0.15, 0.2) is 6.61 Å². The Kier molecular flexibility index (Phi) is 7.78. The maximum absolute atomic E-state index is 12.8. The van der Waals surface area contributed by atoms with Gasteiger partial charge >= 0.3 is 18.3 Å². The second-order valence-corrected chi connectivity index (χ2v) is 6.11. The number of carboxylic acids is 1. The predicted octanol–water partition coefficient (Wildman–Crippen LogP) is 2.84. The van der Waals surface area contributed by atoms with Gasteiger partial charge in [-0.15, -0.1) is 0 Å². The van der Waals surface area contributed by atoms with Crippen LogP contribution < -0.4 is 10.1 Å². The van der Waals surface area contributed by atoms with Gasteiger partial charge in [-0.3, -0.25) is 9.59 Å². The van der Waals surface area contributed by atoms with E-state index in [2.05, 4.69) is 15.0 Å². The molecule has 1 aromatic heterocycles. The Balaban J connectivity index is 2.59. The summed E-state index contributed by atoms with van der Waals surface area (Å²) in [6, 6.07) is 2.29. The fourth-order valence-corrected chi connectivity index (χ4v) is 1.99. The Morgan fingerprint density at radius 3 is 2.42 bits per heavy atom. The lowest BCUT2D eigenvalue weighted by molar-refractivity contribution is -0.148. The van der Waals surface area contributed by atoms with E-state index in [0.717, 1.165) is 12.3 Å². The first-order valence-electron chi connectivity index (χ1n) is 7.78. The van der Waals surface area contributed by atoms with Crippen molar-refractivity contribution < 1.29 is 37.0 Å². The van der Waals surface area contributed by atoms with Crippen molar-refractivity contribution in [3.63, 3.8) is 0 Å². The first-order chi connectivity index (χ1) is 12.0. The Bertz CT molecular complexity index is 609. The molecule has 146 valence electrons. The topological polar surface area (TPSA) is 88.5 Å². The quantitative estimate of drug-likeness (QED) is 0.610. The molecule has 0 saturated heterocycles. The Labute approximate surface area is 147 Å². The summed E-state index contributed by atoms with van der Waals surface area (Å²) >= 11 is 0. The van der Waals surface area contributed by atoms with Crippen molar-refractivity contribution >= 4 is 11.9 Å². The number of nitrogens with one attached hydrogen (secondary N) is 1. The van der Waals surface area contributed by atoms with E-state index in [9.17, 15) is 27.2 Å². The van der Waals surface area contributed by atoms with E-state index < -0.39 is 36.7 Å². The van der Waals surface area contributed by atoms with Crippen molar-refractivity contribution in [2.45, 2.75) is 32.6 Å². The zero-order valence-electron chi connectivity index (χ0n) is 14.2.